The molecule has 96 valence electrons. The molecule has 0 saturated heterocycles. The summed E-state index contributed by atoms with van der Waals surface area (Å²) in [5.41, 5.74) is 3.05. The molecule has 1 heterocycles. The van der Waals surface area contributed by atoms with Gasteiger partial charge in [-0.05, 0) is 44.4 Å². The number of benzene rings is 1. The zero-order chi connectivity index (χ0) is 13.5. The van der Waals surface area contributed by atoms with Gasteiger partial charge < -0.3 is 5.11 Å². The summed E-state index contributed by atoms with van der Waals surface area (Å²) in [5, 5.41) is 17.3. The predicted molar refractivity (Wildman–Crippen MR) is 68.4 cm³/mol. The second-order valence-corrected chi connectivity index (χ2v) is 5.30. The molecule has 0 saturated carbocycles. The van der Waals surface area contributed by atoms with Crippen LogP contribution >= 0.6 is 0 Å². The predicted octanol–water partition coefficient (Wildman–Crippen LogP) is 1.93. The first-order chi connectivity index (χ1) is 8.33. The van der Waals surface area contributed by atoms with E-state index in [0.717, 1.165) is 22.2 Å². The monoisotopic (exact) mass is 247 g/mol. The van der Waals surface area contributed by atoms with Crippen LogP contribution in [0.1, 0.15) is 25.0 Å². The van der Waals surface area contributed by atoms with Crippen molar-refractivity contribution in [3.05, 3.63) is 23.3 Å². The first-order valence-electron chi connectivity index (χ1n) is 5.84. The van der Waals surface area contributed by atoms with Crippen molar-refractivity contribution in [2.45, 2.75) is 27.2 Å². The van der Waals surface area contributed by atoms with Gasteiger partial charge in [0.2, 0.25) is 0 Å². The van der Waals surface area contributed by atoms with Gasteiger partial charge in [0, 0.05) is 7.05 Å². The molecule has 1 aromatic heterocycles. The average Bonchev–Trinajstić information content (AvgIpc) is 2.65. The second kappa shape index (κ2) is 4.08. The van der Waals surface area contributed by atoms with Gasteiger partial charge >= 0.3 is 5.97 Å². The van der Waals surface area contributed by atoms with Crippen molar-refractivity contribution >= 4 is 17.0 Å². The van der Waals surface area contributed by atoms with Gasteiger partial charge in [-0.15, -0.1) is 5.10 Å². The Kier molecular flexibility index (Phi) is 2.84. The van der Waals surface area contributed by atoms with Crippen molar-refractivity contribution in [2.24, 2.45) is 12.5 Å². The van der Waals surface area contributed by atoms with Crippen molar-refractivity contribution in [1.82, 2.24) is 15.0 Å². The molecule has 0 spiro atoms. The van der Waals surface area contributed by atoms with Gasteiger partial charge in [0.15, 0.2) is 0 Å². The van der Waals surface area contributed by atoms with Crippen LogP contribution in [0.5, 0.6) is 0 Å². The highest BCUT2D eigenvalue weighted by molar-refractivity contribution is 5.80. The highest BCUT2D eigenvalue weighted by Crippen LogP contribution is 2.27. The summed E-state index contributed by atoms with van der Waals surface area (Å²) >= 11 is 0. The molecule has 1 aromatic carbocycles. The first kappa shape index (κ1) is 12.5. The van der Waals surface area contributed by atoms with Crippen molar-refractivity contribution in [1.29, 1.82) is 0 Å². The van der Waals surface area contributed by atoms with Crippen molar-refractivity contribution in [2.75, 3.05) is 0 Å². The molecule has 0 unspecified atom stereocenters. The molecule has 0 atom stereocenters. The molecule has 0 fully saturated rings. The molecular formula is C13H17N3O2. The number of nitrogens with zero attached hydrogens (tertiary/aromatic N) is 3. The van der Waals surface area contributed by atoms with Gasteiger partial charge in [0.1, 0.15) is 5.52 Å². The van der Waals surface area contributed by atoms with Crippen LogP contribution in [-0.2, 0) is 18.3 Å². The van der Waals surface area contributed by atoms with E-state index in [9.17, 15) is 9.90 Å². The molecule has 2 aromatic rings. The third-order valence-electron chi connectivity index (χ3n) is 3.36. The van der Waals surface area contributed by atoms with Crippen molar-refractivity contribution in [3.63, 3.8) is 0 Å². The largest absolute Gasteiger partial charge is 0.481 e. The third-order valence-corrected chi connectivity index (χ3v) is 3.36. The Balaban J connectivity index is 2.47. The molecule has 0 amide bonds. The molecule has 5 heteroatoms. The smallest absolute Gasteiger partial charge is 0.309 e. The lowest BCUT2D eigenvalue weighted by Crippen LogP contribution is -2.26. The number of carbonyl (C=O) groups is 1. The number of hydrogen-bond donors (Lipinski definition) is 1. The van der Waals surface area contributed by atoms with Gasteiger partial charge in [0.25, 0.3) is 0 Å². The minimum Gasteiger partial charge on any atom is -0.481 e. The van der Waals surface area contributed by atoms with Gasteiger partial charge in [-0.2, -0.15) is 0 Å². The lowest BCUT2D eigenvalue weighted by atomic mass is 9.84. The van der Waals surface area contributed by atoms with E-state index in [1.54, 1.807) is 18.5 Å². The van der Waals surface area contributed by atoms with E-state index in [1.165, 1.54) is 0 Å². The molecule has 0 aliphatic carbocycles. The maximum Gasteiger partial charge on any atom is 0.309 e. The number of fused-ring (bicyclic) bond motifs is 1. The number of carboxylic acids is 1. The first-order valence-corrected chi connectivity index (χ1v) is 5.84. The van der Waals surface area contributed by atoms with Gasteiger partial charge in [-0.25, -0.2) is 4.68 Å². The molecule has 0 aliphatic heterocycles. The standard InChI is InChI=1S/C13H17N3O2/c1-8-9(7-13(2,3)12(17)18)5-6-10-11(8)14-15-16(10)4/h5-6H,7H2,1-4H3,(H,17,18). The fourth-order valence-electron chi connectivity index (χ4n) is 2.02. The Labute approximate surface area is 105 Å². The maximum absolute atomic E-state index is 11.2. The van der Waals surface area contributed by atoms with Gasteiger partial charge in [-0.1, -0.05) is 11.3 Å². The van der Waals surface area contributed by atoms with E-state index >= 15 is 0 Å². The fraction of sp³-hybridized carbons (Fsp3) is 0.462. The molecule has 18 heavy (non-hydrogen) atoms. The highest BCUT2D eigenvalue weighted by atomic mass is 16.4. The van der Waals surface area contributed by atoms with Crippen LogP contribution in [0.2, 0.25) is 0 Å². The van der Waals surface area contributed by atoms with Gasteiger partial charge in [-0.3, -0.25) is 4.79 Å². The number of aliphatic carboxylic acids is 1. The minimum absolute atomic E-state index is 0.487. The maximum atomic E-state index is 11.2. The Bertz CT molecular complexity index is 614. The van der Waals surface area contributed by atoms with E-state index in [0.29, 0.717) is 6.42 Å². The average molecular weight is 247 g/mol. The molecule has 2 rings (SSSR count). The summed E-state index contributed by atoms with van der Waals surface area (Å²) in [6, 6.07) is 3.90. The van der Waals surface area contributed by atoms with Gasteiger partial charge in [0.05, 0.1) is 10.9 Å². The Hall–Kier alpha value is -1.91. The number of carboxylic acid groups (broad SMARTS) is 1. The van der Waals surface area contributed by atoms with E-state index in [1.807, 2.05) is 26.1 Å². The zero-order valence-electron chi connectivity index (χ0n) is 11.1. The molecule has 0 aliphatic rings. The molecule has 5 nitrogen and oxygen atoms in total. The minimum atomic E-state index is -0.791. The normalized spacial score (nSPS) is 12.0. The summed E-state index contributed by atoms with van der Waals surface area (Å²) in [6.45, 7) is 5.43. The SMILES string of the molecule is Cc1c(CC(C)(C)C(=O)O)ccc2c1nnn2C. The summed E-state index contributed by atoms with van der Waals surface area (Å²) in [6.07, 6.45) is 0.487. The molecule has 1 N–H and O–H groups in total. The van der Waals surface area contributed by atoms with E-state index in [2.05, 4.69) is 10.3 Å². The number of aromatic nitrogens is 3. The van der Waals surface area contributed by atoms with Crippen LogP contribution in [0.15, 0.2) is 12.1 Å². The van der Waals surface area contributed by atoms with Crippen molar-refractivity contribution in [3.8, 4) is 0 Å². The van der Waals surface area contributed by atoms with Crippen LogP contribution in [0.3, 0.4) is 0 Å². The summed E-state index contributed by atoms with van der Waals surface area (Å²) in [5.74, 6) is -0.791. The van der Waals surface area contributed by atoms with Crippen LogP contribution < -0.4 is 0 Å². The Morgan fingerprint density at radius 2 is 2.11 bits per heavy atom. The summed E-state index contributed by atoms with van der Waals surface area (Å²) in [4.78, 5) is 11.2. The molecule has 0 radical (unpaired) electrons. The van der Waals surface area contributed by atoms with E-state index in [4.69, 9.17) is 0 Å². The third kappa shape index (κ3) is 1.96. The topological polar surface area (TPSA) is 68.0 Å². The second-order valence-electron chi connectivity index (χ2n) is 5.30. The molecule has 0 bridgehead atoms. The quantitative estimate of drug-likeness (QED) is 0.899. The van der Waals surface area contributed by atoms with E-state index < -0.39 is 11.4 Å². The lowest BCUT2D eigenvalue weighted by molar-refractivity contribution is -0.146. The summed E-state index contributed by atoms with van der Waals surface area (Å²) < 4.78 is 1.72. The molecular weight excluding hydrogens is 230 g/mol. The summed E-state index contributed by atoms with van der Waals surface area (Å²) in [7, 11) is 1.84. The Morgan fingerprint density at radius 3 is 2.72 bits per heavy atom. The van der Waals surface area contributed by atoms with E-state index in [-0.39, 0.29) is 0 Å². The van der Waals surface area contributed by atoms with Crippen LogP contribution in [0, 0.1) is 12.3 Å². The zero-order valence-corrected chi connectivity index (χ0v) is 11.1. The number of aryl methyl sites for hydroxylation is 2. The van der Waals surface area contributed by atoms with Crippen LogP contribution in [0.25, 0.3) is 11.0 Å². The Morgan fingerprint density at radius 1 is 1.44 bits per heavy atom. The van der Waals surface area contributed by atoms with Crippen LogP contribution in [0.4, 0.5) is 0 Å². The fourth-order valence-corrected chi connectivity index (χ4v) is 2.02. The number of rotatable bonds is 3. The highest BCUT2D eigenvalue weighted by Gasteiger charge is 2.28. The van der Waals surface area contributed by atoms with Crippen LogP contribution in [-0.4, -0.2) is 26.1 Å². The van der Waals surface area contributed by atoms with Crippen molar-refractivity contribution < 1.29 is 9.90 Å². The number of hydrogen-bond acceptors (Lipinski definition) is 3. The lowest BCUT2D eigenvalue weighted by Gasteiger charge is -2.20.